The van der Waals surface area contributed by atoms with Crippen molar-refractivity contribution in [2.75, 3.05) is 6.54 Å². The van der Waals surface area contributed by atoms with E-state index in [-0.39, 0.29) is 5.91 Å². The second-order valence-corrected chi connectivity index (χ2v) is 3.24. The van der Waals surface area contributed by atoms with Crippen LogP contribution >= 0.6 is 0 Å². The third kappa shape index (κ3) is 5.66. The molecular weight excluding hydrogens is 182 g/mol. The van der Waals surface area contributed by atoms with Crippen molar-refractivity contribution in [3.63, 3.8) is 0 Å². The molecule has 0 aliphatic rings. The zero-order chi connectivity index (χ0) is 11.0. The Bertz CT molecular complexity index is 185. The lowest BCUT2D eigenvalue weighted by atomic mass is 10.1. The van der Waals surface area contributed by atoms with Crippen LogP contribution in [0.3, 0.4) is 0 Å². The Kier molecular flexibility index (Phi) is 6.96. The minimum atomic E-state index is -0.594. The van der Waals surface area contributed by atoms with Crippen LogP contribution in [0.1, 0.15) is 26.2 Å². The SMILES string of the molecule is C[C@@H]([C]=O)NC(=O)[C@@H](N)CCCCN. The van der Waals surface area contributed by atoms with E-state index in [2.05, 4.69) is 5.32 Å². The van der Waals surface area contributed by atoms with Crippen molar-refractivity contribution in [1.82, 2.24) is 5.32 Å². The highest BCUT2D eigenvalue weighted by molar-refractivity contribution is 5.84. The number of rotatable bonds is 7. The highest BCUT2D eigenvalue weighted by Gasteiger charge is 2.14. The van der Waals surface area contributed by atoms with E-state index in [1.54, 1.807) is 13.2 Å². The maximum absolute atomic E-state index is 11.3. The fraction of sp³-hybridized carbons (Fsp3) is 0.778. The summed E-state index contributed by atoms with van der Waals surface area (Å²) >= 11 is 0. The molecule has 5 nitrogen and oxygen atoms in total. The van der Waals surface area contributed by atoms with Crippen molar-refractivity contribution >= 4 is 12.2 Å². The van der Waals surface area contributed by atoms with Crippen LogP contribution in [-0.4, -0.2) is 30.8 Å². The number of amides is 1. The molecule has 0 aromatic rings. The number of hydrogen-bond acceptors (Lipinski definition) is 4. The zero-order valence-electron chi connectivity index (χ0n) is 8.45. The molecule has 1 amide bonds. The van der Waals surface area contributed by atoms with Crippen molar-refractivity contribution in [3.8, 4) is 0 Å². The van der Waals surface area contributed by atoms with E-state index in [1.165, 1.54) is 0 Å². The molecule has 0 aliphatic carbocycles. The second kappa shape index (κ2) is 7.46. The molecule has 0 bridgehead atoms. The first kappa shape index (κ1) is 13.1. The van der Waals surface area contributed by atoms with Crippen molar-refractivity contribution in [2.24, 2.45) is 11.5 Å². The van der Waals surface area contributed by atoms with Gasteiger partial charge in [-0.2, -0.15) is 0 Å². The van der Waals surface area contributed by atoms with Gasteiger partial charge < -0.3 is 16.8 Å². The number of hydrogen-bond donors (Lipinski definition) is 3. The Balaban J connectivity index is 3.70. The minimum absolute atomic E-state index is 0.308. The summed E-state index contributed by atoms with van der Waals surface area (Å²) < 4.78 is 0. The third-order valence-corrected chi connectivity index (χ3v) is 1.84. The normalized spacial score (nSPS) is 14.5. The zero-order valence-corrected chi connectivity index (χ0v) is 8.45. The predicted molar refractivity (Wildman–Crippen MR) is 54.2 cm³/mol. The molecule has 14 heavy (non-hydrogen) atoms. The van der Waals surface area contributed by atoms with Crippen LogP contribution in [0.25, 0.3) is 0 Å². The molecule has 5 N–H and O–H groups in total. The third-order valence-electron chi connectivity index (χ3n) is 1.84. The van der Waals surface area contributed by atoms with Gasteiger partial charge in [0.2, 0.25) is 12.2 Å². The van der Waals surface area contributed by atoms with E-state index in [1.807, 2.05) is 0 Å². The van der Waals surface area contributed by atoms with Crippen LogP contribution < -0.4 is 16.8 Å². The molecule has 0 saturated carbocycles. The van der Waals surface area contributed by atoms with Gasteiger partial charge in [-0.05, 0) is 26.3 Å². The summed E-state index contributed by atoms with van der Waals surface area (Å²) in [5.74, 6) is -0.308. The molecule has 2 atom stereocenters. The first-order chi connectivity index (χ1) is 6.61. The van der Waals surface area contributed by atoms with E-state index in [9.17, 15) is 9.59 Å². The molecule has 0 aromatic carbocycles. The van der Waals surface area contributed by atoms with Crippen LogP contribution in [0.15, 0.2) is 0 Å². The van der Waals surface area contributed by atoms with Crippen LogP contribution in [-0.2, 0) is 9.59 Å². The highest BCUT2D eigenvalue weighted by Crippen LogP contribution is 1.98. The molecule has 0 rings (SSSR count). The standard InChI is InChI=1S/C9H18N3O2/c1-7(6-13)12-9(14)8(11)4-2-3-5-10/h7-8H,2-5,10-11H2,1H3,(H,12,14)/t7-,8-/m0/s1. The summed E-state index contributed by atoms with van der Waals surface area (Å²) in [5.41, 5.74) is 10.9. The maximum atomic E-state index is 11.3. The Hall–Kier alpha value is -0.940. The van der Waals surface area contributed by atoms with Gasteiger partial charge in [0.15, 0.2) is 0 Å². The van der Waals surface area contributed by atoms with Crippen molar-refractivity contribution in [1.29, 1.82) is 0 Å². The average molecular weight is 200 g/mol. The number of unbranched alkanes of at least 4 members (excludes halogenated alkanes) is 1. The number of nitrogens with two attached hydrogens (primary N) is 2. The van der Waals surface area contributed by atoms with Gasteiger partial charge in [-0.25, -0.2) is 0 Å². The van der Waals surface area contributed by atoms with E-state index in [0.717, 1.165) is 12.8 Å². The molecule has 5 heteroatoms. The van der Waals surface area contributed by atoms with Gasteiger partial charge in [-0.3, -0.25) is 9.59 Å². The van der Waals surface area contributed by atoms with E-state index in [0.29, 0.717) is 13.0 Å². The number of carbonyl (C=O) groups excluding carboxylic acids is 2. The molecule has 0 aliphatic heterocycles. The molecule has 0 aromatic heterocycles. The van der Waals surface area contributed by atoms with Gasteiger partial charge in [0.05, 0.1) is 12.1 Å². The van der Waals surface area contributed by atoms with Gasteiger partial charge >= 0.3 is 0 Å². The molecule has 0 unspecified atom stereocenters. The molecular formula is C9H18N3O2. The summed E-state index contributed by atoms with van der Waals surface area (Å²) in [6.07, 6.45) is 3.93. The van der Waals surface area contributed by atoms with Gasteiger partial charge in [0.25, 0.3) is 0 Å². The smallest absolute Gasteiger partial charge is 0.237 e. The van der Waals surface area contributed by atoms with Crippen molar-refractivity contribution in [3.05, 3.63) is 0 Å². The number of carbonyl (C=O) groups is 1. The Morgan fingerprint density at radius 1 is 1.50 bits per heavy atom. The van der Waals surface area contributed by atoms with Crippen LogP contribution in [0.2, 0.25) is 0 Å². The monoisotopic (exact) mass is 200 g/mol. The van der Waals surface area contributed by atoms with Gasteiger partial charge in [-0.1, -0.05) is 6.42 Å². The molecule has 0 spiro atoms. The molecule has 1 radical (unpaired) electrons. The molecule has 0 saturated heterocycles. The summed E-state index contributed by atoms with van der Waals surface area (Å²) in [7, 11) is 0. The van der Waals surface area contributed by atoms with Crippen LogP contribution in [0.4, 0.5) is 0 Å². The van der Waals surface area contributed by atoms with E-state index in [4.69, 9.17) is 11.5 Å². The van der Waals surface area contributed by atoms with Gasteiger partial charge in [-0.15, -0.1) is 0 Å². The van der Waals surface area contributed by atoms with Crippen molar-refractivity contribution < 1.29 is 9.59 Å². The van der Waals surface area contributed by atoms with E-state index >= 15 is 0 Å². The Labute approximate surface area is 84.2 Å². The Morgan fingerprint density at radius 3 is 2.64 bits per heavy atom. The second-order valence-electron chi connectivity index (χ2n) is 3.24. The predicted octanol–water partition coefficient (Wildman–Crippen LogP) is -0.943. The van der Waals surface area contributed by atoms with E-state index < -0.39 is 12.1 Å². The quantitative estimate of drug-likeness (QED) is 0.462. The average Bonchev–Trinajstić information content (AvgIpc) is 2.17. The largest absolute Gasteiger partial charge is 0.345 e. The summed E-state index contributed by atoms with van der Waals surface area (Å²) in [6, 6.07) is -1.15. The lowest BCUT2D eigenvalue weighted by Gasteiger charge is -2.12. The summed E-state index contributed by atoms with van der Waals surface area (Å²) in [5, 5.41) is 2.44. The summed E-state index contributed by atoms with van der Waals surface area (Å²) in [4.78, 5) is 21.4. The van der Waals surface area contributed by atoms with Crippen LogP contribution in [0, 0.1) is 0 Å². The topological polar surface area (TPSA) is 98.2 Å². The highest BCUT2D eigenvalue weighted by atomic mass is 16.2. The number of nitrogens with one attached hydrogen (secondary N) is 1. The maximum Gasteiger partial charge on any atom is 0.237 e. The first-order valence-electron chi connectivity index (χ1n) is 4.75. The fourth-order valence-electron chi connectivity index (χ4n) is 0.990. The van der Waals surface area contributed by atoms with Crippen molar-refractivity contribution in [2.45, 2.75) is 38.3 Å². The molecule has 0 heterocycles. The van der Waals surface area contributed by atoms with Gasteiger partial charge in [0, 0.05) is 0 Å². The Morgan fingerprint density at radius 2 is 2.14 bits per heavy atom. The summed E-state index contributed by atoms with van der Waals surface area (Å²) in [6.45, 7) is 2.16. The minimum Gasteiger partial charge on any atom is -0.345 e. The molecule has 0 fully saturated rings. The lowest BCUT2D eigenvalue weighted by Crippen LogP contribution is -2.44. The fourth-order valence-corrected chi connectivity index (χ4v) is 0.990. The first-order valence-corrected chi connectivity index (χ1v) is 4.75. The lowest BCUT2D eigenvalue weighted by molar-refractivity contribution is -0.122. The molecule has 81 valence electrons. The van der Waals surface area contributed by atoms with Crippen LogP contribution in [0.5, 0.6) is 0 Å². The van der Waals surface area contributed by atoms with Gasteiger partial charge in [0.1, 0.15) is 0 Å².